The van der Waals surface area contributed by atoms with Crippen LogP contribution in [-0.4, -0.2) is 13.2 Å². The summed E-state index contributed by atoms with van der Waals surface area (Å²) in [7, 11) is 2.72. The van der Waals surface area contributed by atoms with E-state index in [0.717, 1.165) is 43.7 Å². The van der Waals surface area contributed by atoms with E-state index < -0.39 is 0 Å². The van der Waals surface area contributed by atoms with Crippen molar-refractivity contribution in [1.29, 1.82) is 0 Å². The van der Waals surface area contributed by atoms with Gasteiger partial charge in [-0.15, -0.1) is 21.6 Å². The van der Waals surface area contributed by atoms with Gasteiger partial charge >= 0.3 is 0 Å². The lowest BCUT2D eigenvalue weighted by Gasteiger charge is -2.08. The molecule has 2 aromatic rings. The molecule has 2 aromatic carbocycles. The zero-order valence-corrected chi connectivity index (χ0v) is 14.0. The van der Waals surface area contributed by atoms with E-state index in [9.17, 15) is 0 Å². The molecule has 0 fully saturated rings. The second-order valence-corrected chi connectivity index (χ2v) is 4.97. The monoisotopic (exact) mass is 324 g/mol. The molecule has 0 aliphatic heterocycles. The predicted molar refractivity (Wildman–Crippen MR) is 93.8 cm³/mol. The summed E-state index contributed by atoms with van der Waals surface area (Å²) in [5.74, 6) is 1.87. The Balaban J connectivity index is 0.00000220. The molecule has 0 heterocycles. The number of benzene rings is 2. The first-order chi connectivity index (χ1) is 9.88. The van der Waals surface area contributed by atoms with Crippen LogP contribution in [-0.2, 0) is 6.16 Å². The van der Waals surface area contributed by atoms with Gasteiger partial charge in [-0.1, -0.05) is 30.3 Å². The maximum atomic E-state index is 5.70. The molecule has 114 valence electrons. The van der Waals surface area contributed by atoms with Crippen molar-refractivity contribution < 1.29 is 9.47 Å². The number of hydrogen-bond donors (Lipinski definition) is 0. The number of unbranched alkanes of at least 4 members (excludes halogenated alkanes) is 1. The van der Waals surface area contributed by atoms with Crippen LogP contribution in [0.15, 0.2) is 54.6 Å². The Kier molecular flexibility index (Phi) is 8.89. The number of hydrogen-bond acceptors (Lipinski definition) is 2. The van der Waals surface area contributed by atoms with E-state index in [2.05, 4.69) is 21.4 Å². The summed E-state index contributed by atoms with van der Waals surface area (Å²) < 4.78 is 11.3. The van der Waals surface area contributed by atoms with Gasteiger partial charge in [0.05, 0.1) is 13.2 Å². The van der Waals surface area contributed by atoms with E-state index in [0.29, 0.717) is 0 Å². The first-order valence-corrected chi connectivity index (χ1v) is 7.80. The maximum absolute atomic E-state index is 5.70. The molecule has 0 spiro atoms. The minimum Gasteiger partial charge on any atom is -0.494 e. The number of ether oxygens (including phenoxy) is 2. The molecule has 2 rings (SSSR count). The molecule has 0 saturated carbocycles. The van der Waals surface area contributed by atoms with Gasteiger partial charge in [-0.3, -0.25) is 0 Å². The van der Waals surface area contributed by atoms with E-state index in [1.807, 2.05) is 42.5 Å². The van der Waals surface area contributed by atoms with Gasteiger partial charge in [-0.05, 0) is 48.8 Å². The molecular formula is C17H22ClO2P. The zero-order chi connectivity index (χ0) is 14.0. The van der Waals surface area contributed by atoms with Crippen LogP contribution in [0.2, 0.25) is 0 Å². The maximum Gasteiger partial charge on any atom is 0.119 e. The molecule has 0 aliphatic carbocycles. The Morgan fingerprint density at radius 1 is 0.714 bits per heavy atom. The molecule has 1 unspecified atom stereocenters. The zero-order valence-electron chi connectivity index (χ0n) is 12.0. The Morgan fingerprint density at radius 3 is 1.76 bits per heavy atom. The lowest BCUT2D eigenvalue weighted by molar-refractivity contribution is 0.266. The Hall–Kier alpha value is -1.24. The summed E-state index contributed by atoms with van der Waals surface area (Å²) in [6.45, 7) is 1.47. The van der Waals surface area contributed by atoms with Crippen LogP contribution >= 0.6 is 21.6 Å². The molecule has 0 saturated heterocycles. The number of para-hydroxylation sites is 1. The van der Waals surface area contributed by atoms with Crippen LogP contribution in [0.4, 0.5) is 0 Å². The van der Waals surface area contributed by atoms with Crippen molar-refractivity contribution in [3.8, 4) is 11.5 Å². The number of halogens is 1. The van der Waals surface area contributed by atoms with Crippen molar-refractivity contribution in [2.24, 2.45) is 0 Å². The smallest absolute Gasteiger partial charge is 0.119 e. The van der Waals surface area contributed by atoms with Crippen LogP contribution in [0.5, 0.6) is 11.5 Å². The van der Waals surface area contributed by atoms with E-state index in [4.69, 9.17) is 9.47 Å². The normalized spacial score (nSPS) is 9.76. The molecule has 0 aromatic heterocycles. The molecule has 0 bridgehead atoms. The average molecular weight is 325 g/mol. The first kappa shape index (κ1) is 17.8. The molecule has 1 atom stereocenters. The highest BCUT2D eigenvalue weighted by Gasteiger charge is 1.96. The van der Waals surface area contributed by atoms with Gasteiger partial charge in [0.15, 0.2) is 0 Å². The van der Waals surface area contributed by atoms with Gasteiger partial charge in [0.25, 0.3) is 0 Å². The highest BCUT2D eigenvalue weighted by atomic mass is 35.5. The molecule has 21 heavy (non-hydrogen) atoms. The minimum atomic E-state index is 0. The SMILES string of the molecule is Cl.PCc1ccc(OCCCCOc2ccccc2)cc1. The summed E-state index contributed by atoms with van der Waals surface area (Å²) in [5.41, 5.74) is 1.30. The lowest BCUT2D eigenvalue weighted by atomic mass is 10.2. The highest BCUT2D eigenvalue weighted by Crippen LogP contribution is 2.14. The molecule has 0 N–H and O–H groups in total. The fourth-order valence-corrected chi connectivity index (χ4v) is 2.09. The summed E-state index contributed by atoms with van der Waals surface area (Å²) >= 11 is 0. The molecule has 4 heteroatoms. The van der Waals surface area contributed by atoms with Crippen molar-refractivity contribution in [3.63, 3.8) is 0 Å². The van der Waals surface area contributed by atoms with E-state index in [1.165, 1.54) is 5.56 Å². The van der Waals surface area contributed by atoms with Crippen LogP contribution in [0.25, 0.3) is 0 Å². The second kappa shape index (κ2) is 10.5. The van der Waals surface area contributed by atoms with Gasteiger partial charge in [0, 0.05) is 0 Å². The average Bonchev–Trinajstić information content (AvgIpc) is 2.52. The molecule has 2 nitrogen and oxygen atoms in total. The van der Waals surface area contributed by atoms with Crippen molar-refractivity contribution in [2.45, 2.75) is 19.0 Å². The van der Waals surface area contributed by atoms with Crippen LogP contribution in [0, 0.1) is 0 Å². The Morgan fingerprint density at radius 2 is 1.24 bits per heavy atom. The topological polar surface area (TPSA) is 18.5 Å². The van der Waals surface area contributed by atoms with Gasteiger partial charge in [-0.2, -0.15) is 0 Å². The van der Waals surface area contributed by atoms with Crippen molar-refractivity contribution in [2.75, 3.05) is 13.2 Å². The molecule has 0 radical (unpaired) electrons. The fourth-order valence-electron chi connectivity index (χ4n) is 1.82. The third-order valence-corrected chi connectivity index (χ3v) is 3.45. The quantitative estimate of drug-likeness (QED) is 0.516. The summed E-state index contributed by atoms with van der Waals surface area (Å²) in [5, 5.41) is 0. The Bertz CT molecular complexity index is 488. The van der Waals surface area contributed by atoms with Gasteiger partial charge in [-0.25, -0.2) is 0 Å². The predicted octanol–water partition coefficient (Wildman–Crippen LogP) is 4.72. The lowest BCUT2D eigenvalue weighted by Crippen LogP contribution is -2.02. The van der Waals surface area contributed by atoms with Crippen molar-refractivity contribution in [3.05, 3.63) is 60.2 Å². The summed E-state index contributed by atoms with van der Waals surface area (Å²) in [6.07, 6.45) is 2.98. The first-order valence-electron chi connectivity index (χ1n) is 6.98. The van der Waals surface area contributed by atoms with Gasteiger partial charge in [0.1, 0.15) is 11.5 Å². The molecule has 0 amide bonds. The standard InChI is InChI=1S/C17H21O2P.ClH/c20-14-15-8-10-17(11-9-15)19-13-5-4-12-18-16-6-2-1-3-7-16;/h1-3,6-11H,4-5,12-14,20H2;1H. The van der Waals surface area contributed by atoms with Crippen molar-refractivity contribution in [1.82, 2.24) is 0 Å². The summed E-state index contributed by atoms with van der Waals surface area (Å²) in [6, 6.07) is 18.2. The van der Waals surface area contributed by atoms with E-state index >= 15 is 0 Å². The largest absolute Gasteiger partial charge is 0.494 e. The summed E-state index contributed by atoms with van der Waals surface area (Å²) in [4.78, 5) is 0. The van der Waals surface area contributed by atoms with Gasteiger partial charge in [0.2, 0.25) is 0 Å². The van der Waals surface area contributed by atoms with Crippen LogP contribution < -0.4 is 9.47 Å². The third kappa shape index (κ3) is 6.84. The molecular weight excluding hydrogens is 303 g/mol. The minimum absolute atomic E-state index is 0. The fraction of sp³-hybridized carbons (Fsp3) is 0.294. The van der Waals surface area contributed by atoms with E-state index in [-0.39, 0.29) is 12.4 Å². The van der Waals surface area contributed by atoms with Crippen LogP contribution in [0.1, 0.15) is 18.4 Å². The highest BCUT2D eigenvalue weighted by molar-refractivity contribution is 7.15. The molecule has 0 aliphatic rings. The van der Waals surface area contributed by atoms with Crippen LogP contribution in [0.3, 0.4) is 0 Å². The van der Waals surface area contributed by atoms with Crippen molar-refractivity contribution >= 4 is 21.6 Å². The van der Waals surface area contributed by atoms with E-state index in [1.54, 1.807) is 0 Å². The number of rotatable bonds is 8. The third-order valence-electron chi connectivity index (χ3n) is 2.98. The second-order valence-electron chi connectivity index (χ2n) is 4.57. The van der Waals surface area contributed by atoms with Gasteiger partial charge < -0.3 is 9.47 Å². The Labute approximate surface area is 135 Å².